The molecule has 12 nitrogen and oxygen atoms in total. The Labute approximate surface area is 194 Å². The Morgan fingerprint density at radius 1 is 1.03 bits per heavy atom. The summed E-state index contributed by atoms with van der Waals surface area (Å²) in [6.07, 6.45) is 0. The molecule has 178 valence electrons. The second-order valence-electron chi connectivity index (χ2n) is 7.29. The molecule has 0 aliphatic rings. The first-order valence-electron chi connectivity index (χ1n) is 10.3. The van der Waals surface area contributed by atoms with Gasteiger partial charge in [-0.1, -0.05) is 24.3 Å². The Morgan fingerprint density at radius 2 is 1.62 bits per heavy atom. The Balaban J connectivity index is 1.95. The molecule has 6 N–H and O–H groups in total. The van der Waals surface area contributed by atoms with Gasteiger partial charge in [0.25, 0.3) is 0 Å². The van der Waals surface area contributed by atoms with Crippen molar-refractivity contribution >= 4 is 17.9 Å². The zero-order valence-corrected chi connectivity index (χ0v) is 18.4. The number of nitrogens with two attached hydrogens (primary N) is 1. The predicted molar refractivity (Wildman–Crippen MR) is 126 cm³/mol. The van der Waals surface area contributed by atoms with Crippen LogP contribution in [-0.4, -0.2) is 51.4 Å². The lowest BCUT2D eigenvalue weighted by Crippen LogP contribution is -2.43. The summed E-state index contributed by atoms with van der Waals surface area (Å²) in [7, 11) is 1.55. The van der Waals surface area contributed by atoms with Crippen LogP contribution in [0.25, 0.3) is 0 Å². The lowest BCUT2D eigenvalue weighted by molar-refractivity contribution is 0.0697. The van der Waals surface area contributed by atoms with Gasteiger partial charge < -0.3 is 26.2 Å². The molecule has 0 aliphatic heterocycles. The molecule has 0 unspecified atom stereocenters. The summed E-state index contributed by atoms with van der Waals surface area (Å²) in [4.78, 5) is 41.1. The van der Waals surface area contributed by atoms with Gasteiger partial charge >= 0.3 is 17.3 Å². The van der Waals surface area contributed by atoms with Crippen molar-refractivity contribution < 1.29 is 14.6 Å². The fraction of sp³-hybridized carbons (Fsp3) is 0.227. The lowest BCUT2D eigenvalue weighted by atomic mass is 10.1. The van der Waals surface area contributed by atoms with Gasteiger partial charge in [-0.05, 0) is 35.4 Å². The number of anilines is 1. The predicted octanol–water partition coefficient (Wildman–Crippen LogP) is 0.103. The van der Waals surface area contributed by atoms with Gasteiger partial charge in [0, 0.05) is 13.1 Å². The molecule has 0 amide bonds. The molecular weight excluding hydrogens is 442 g/mol. The van der Waals surface area contributed by atoms with Crippen LogP contribution in [0.2, 0.25) is 0 Å². The number of guanidine groups is 1. The molecule has 0 fully saturated rings. The second-order valence-corrected chi connectivity index (χ2v) is 7.29. The Hall–Kier alpha value is -4.61. The highest BCUT2D eigenvalue weighted by Crippen LogP contribution is 2.13. The highest BCUT2D eigenvalue weighted by Gasteiger charge is 2.14. The zero-order chi connectivity index (χ0) is 24.7. The number of benzene rings is 2. The van der Waals surface area contributed by atoms with Crippen LogP contribution < -0.4 is 32.5 Å². The monoisotopic (exact) mass is 467 g/mol. The number of carboxylic acids is 1. The molecule has 0 saturated heterocycles. The molecule has 3 aromatic rings. The topological polar surface area (TPSA) is 177 Å². The number of rotatable bonds is 10. The minimum absolute atomic E-state index is 0.0701. The van der Waals surface area contributed by atoms with Crippen LogP contribution in [0.3, 0.4) is 0 Å². The van der Waals surface area contributed by atoms with Crippen LogP contribution in [0.5, 0.6) is 5.75 Å². The summed E-state index contributed by atoms with van der Waals surface area (Å²) in [6, 6.07) is 13.0. The van der Waals surface area contributed by atoms with Gasteiger partial charge in [-0.25, -0.2) is 19.0 Å². The average molecular weight is 467 g/mol. The smallest absolute Gasteiger partial charge is 0.355 e. The second kappa shape index (κ2) is 10.8. The van der Waals surface area contributed by atoms with E-state index in [4.69, 9.17) is 21.0 Å². The largest absolute Gasteiger partial charge is 0.497 e. The number of ether oxygens (including phenoxy) is 1. The fourth-order valence-corrected chi connectivity index (χ4v) is 3.16. The summed E-state index contributed by atoms with van der Waals surface area (Å²) in [5, 5.41) is 21.8. The van der Waals surface area contributed by atoms with Crippen molar-refractivity contribution in [3.63, 3.8) is 0 Å². The third kappa shape index (κ3) is 6.00. The lowest BCUT2D eigenvalue weighted by Gasteiger charge is -2.16. The van der Waals surface area contributed by atoms with Crippen LogP contribution in [-0.2, 0) is 13.1 Å². The van der Waals surface area contributed by atoms with E-state index in [1.807, 2.05) is 0 Å². The molecule has 34 heavy (non-hydrogen) atoms. The minimum Gasteiger partial charge on any atom is -0.497 e. The Bertz CT molecular complexity index is 1280. The van der Waals surface area contributed by atoms with E-state index in [1.165, 1.54) is 16.7 Å². The first-order chi connectivity index (χ1) is 16.3. The number of aromatic nitrogens is 3. The van der Waals surface area contributed by atoms with E-state index in [1.54, 1.807) is 43.5 Å². The van der Waals surface area contributed by atoms with Crippen molar-refractivity contribution in [2.24, 2.45) is 5.73 Å². The maximum Gasteiger partial charge on any atom is 0.355 e. The van der Waals surface area contributed by atoms with Crippen molar-refractivity contribution in [2.45, 2.75) is 13.1 Å². The molecular formula is C22H25N7O5. The van der Waals surface area contributed by atoms with Crippen molar-refractivity contribution in [2.75, 3.05) is 25.5 Å². The van der Waals surface area contributed by atoms with Gasteiger partial charge in [0.1, 0.15) is 5.75 Å². The van der Waals surface area contributed by atoms with E-state index in [-0.39, 0.29) is 43.7 Å². The molecule has 2 aromatic carbocycles. The standard InChI is InChI=1S/C22H25N7O5/c1-34-17-8-4-15(5-9-17)12-28-20(26-11-10-25-19(23)24)27-21(32)29(22(28)33)13-14-2-6-16(7-3-14)18(30)31/h2-9H,10-13H2,1H3,(H,30,31)(H4,23,24,25)(H,26,27,32). The molecule has 1 aromatic heterocycles. The molecule has 0 saturated carbocycles. The molecule has 0 radical (unpaired) electrons. The SMILES string of the molecule is COc1ccc(Cn2c(NCCNC(=N)N)nc(=O)n(Cc3ccc(C(=O)O)cc3)c2=O)cc1. The number of methoxy groups -OCH3 is 1. The van der Waals surface area contributed by atoms with Gasteiger partial charge in [-0.2, -0.15) is 4.98 Å². The van der Waals surface area contributed by atoms with E-state index in [2.05, 4.69) is 15.6 Å². The summed E-state index contributed by atoms with van der Waals surface area (Å²) in [5.74, 6) is -0.525. The highest BCUT2D eigenvalue weighted by molar-refractivity contribution is 5.87. The van der Waals surface area contributed by atoms with Crippen LogP contribution in [0, 0.1) is 5.41 Å². The quantitative estimate of drug-likeness (QED) is 0.157. The van der Waals surface area contributed by atoms with E-state index in [0.717, 1.165) is 10.1 Å². The molecule has 0 atom stereocenters. The number of nitrogens with zero attached hydrogens (tertiary/aromatic N) is 3. The first kappa shape index (κ1) is 24.0. The number of hydrogen-bond acceptors (Lipinski definition) is 7. The number of carbonyl (C=O) groups is 1. The van der Waals surface area contributed by atoms with Crippen LogP contribution >= 0.6 is 0 Å². The van der Waals surface area contributed by atoms with Crippen LogP contribution in [0.4, 0.5) is 5.95 Å². The van der Waals surface area contributed by atoms with Crippen LogP contribution in [0.15, 0.2) is 58.1 Å². The molecule has 12 heteroatoms. The summed E-state index contributed by atoms with van der Waals surface area (Å²) in [6.45, 7) is 0.608. The van der Waals surface area contributed by atoms with Gasteiger partial charge in [0.2, 0.25) is 5.95 Å². The summed E-state index contributed by atoms with van der Waals surface area (Å²) >= 11 is 0. The molecule has 0 spiro atoms. The molecule has 3 rings (SSSR count). The van der Waals surface area contributed by atoms with Crippen molar-refractivity contribution in [1.29, 1.82) is 5.41 Å². The summed E-state index contributed by atoms with van der Waals surface area (Å²) in [5.41, 5.74) is 5.40. The third-order valence-electron chi connectivity index (χ3n) is 4.91. The third-order valence-corrected chi connectivity index (χ3v) is 4.91. The van der Waals surface area contributed by atoms with Gasteiger partial charge in [0.05, 0.1) is 25.8 Å². The number of aromatic carboxylic acids is 1. The minimum atomic E-state index is -1.07. The fourth-order valence-electron chi connectivity index (χ4n) is 3.16. The van der Waals surface area contributed by atoms with E-state index < -0.39 is 17.3 Å². The Kier molecular flexibility index (Phi) is 7.64. The zero-order valence-electron chi connectivity index (χ0n) is 18.4. The maximum absolute atomic E-state index is 13.3. The number of carboxylic acid groups (broad SMARTS) is 1. The van der Waals surface area contributed by atoms with E-state index >= 15 is 0 Å². The molecule has 0 bridgehead atoms. The normalized spacial score (nSPS) is 10.5. The Morgan fingerprint density at radius 3 is 2.18 bits per heavy atom. The van der Waals surface area contributed by atoms with Gasteiger partial charge in [-0.3, -0.25) is 9.98 Å². The number of hydrogen-bond donors (Lipinski definition) is 5. The molecule has 1 heterocycles. The van der Waals surface area contributed by atoms with Crippen molar-refractivity contribution in [3.05, 3.63) is 86.2 Å². The first-order valence-corrected chi connectivity index (χ1v) is 10.3. The summed E-state index contributed by atoms with van der Waals surface area (Å²) < 4.78 is 7.49. The van der Waals surface area contributed by atoms with E-state index in [9.17, 15) is 14.4 Å². The van der Waals surface area contributed by atoms with Gasteiger partial charge in [-0.15, -0.1) is 0 Å². The van der Waals surface area contributed by atoms with Crippen LogP contribution in [0.1, 0.15) is 21.5 Å². The van der Waals surface area contributed by atoms with E-state index in [0.29, 0.717) is 11.3 Å². The van der Waals surface area contributed by atoms with Gasteiger partial charge in [0.15, 0.2) is 5.96 Å². The maximum atomic E-state index is 13.3. The highest BCUT2D eigenvalue weighted by atomic mass is 16.5. The average Bonchev–Trinajstić information content (AvgIpc) is 2.82. The van der Waals surface area contributed by atoms with Crippen molar-refractivity contribution in [1.82, 2.24) is 19.4 Å². The number of nitrogens with one attached hydrogen (secondary N) is 3. The molecule has 0 aliphatic carbocycles. The van der Waals surface area contributed by atoms with Crippen molar-refractivity contribution in [3.8, 4) is 5.75 Å².